The van der Waals surface area contributed by atoms with E-state index in [0.29, 0.717) is 6.61 Å². The predicted molar refractivity (Wildman–Crippen MR) is 64.9 cm³/mol. The van der Waals surface area contributed by atoms with Gasteiger partial charge in [-0.3, -0.25) is 0 Å². The fourth-order valence-corrected chi connectivity index (χ4v) is 1.19. The van der Waals surface area contributed by atoms with E-state index in [4.69, 9.17) is 9.84 Å². The van der Waals surface area contributed by atoms with E-state index in [1.807, 2.05) is 20.8 Å². The summed E-state index contributed by atoms with van der Waals surface area (Å²) in [6.45, 7) is 6.02. The maximum absolute atomic E-state index is 13.3. The molecule has 1 aromatic rings. The van der Waals surface area contributed by atoms with Gasteiger partial charge in [-0.25, -0.2) is 4.39 Å². The molecule has 0 bridgehead atoms. The van der Waals surface area contributed by atoms with Gasteiger partial charge in [-0.05, 0) is 38.5 Å². The molecule has 0 aromatic heterocycles. The zero-order valence-corrected chi connectivity index (χ0v) is 10.4. The number of rotatable bonds is 2. The van der Waals surface area contributed by atoms with Gasteiger partial charge >= 0.3 is 0 Å². The summed E-state index contributed by atoms with van der Waals surface area (Å²) in [5.41, 5.74) is 0.920. The van der Waals surface area contributed by atoms with Crippen LogP contribution in [0, 0.1) is 17.7 Å². The number of hydrogen-bond acceptors (Lipinski definition) is 2. The van der Waals surface area contributed by atoms with Gasteiger partial charge in [0.2, 0.25) is 0 Å². The van der Waals surface area contributed by atoms with Gasteiger partial charge < -0.3 is 9.84 Å². The van der Waals surface area contributed by atoms with Crippen molar-refractivity contribution in [2.24, 2.45) is 0 Å². The SMILES string of the molecule is CC(C)(C)OCc1ccc(F)c(C#CCO)c1. The van der Waals surface area contributed by atoms with Crippen molar-refractivity contribution in [2.75, 3.05) is 6.61 Å². The molecule has 0 amide bonds. The van der Waals surface area contributed by atoms with Gasteiger partial charge in [0.1, 0.15) is 12.4 Å². The lowest BCUT2D eigenvalue weighted by Gasteiger charge is -2.19. The van der Waals surface area contributed by atoms with Gasteiger partial charge in [0.25, 0.3) is 0 Å². The Morgan fingerprint density at radius 1 is 1.35 bits per heavy atom. The normalized spacial score (nSPS) is 10.9. The van der Waals surface area contributed by atoms with Crippen LogP contribution in [0.1, 0.15) is 31.9 Å². The van der Waals surface area contributed by atoms with Crippen LogP contribution < -0.4 is 0 Å². The maximum Gasteiger partial charge on any atom is 0.138 e. The average molecular weight is 236 g/mol. The lowest BCUT2D eigenvalue weighted by Crippen LogP contribution is -2.18. The van der Waals surface area contributed by atoms with Crippen LogP contribution in [-0.4, -0.2) is 17.3 Å². The Hall–Kier alpha value is -1.37. The predicted octanol–water partition coefficient (Wildman–Crippen LogP) is 2.48. The second kappa shape index (κ2) is 5.81. The standard InChI is InChI=1S/C14H17FO2/c1-14(2,3)17-10-11-6-7-13(15)12(9-11)5-4-8-16/h6-7,9,16H,8,10H2,1-3H3. The second-order valence-electron chi connectivity index (χ2n) is 4.68. The summed E-state index contributed by atoms with van der Waals surface area (Å²) in [7, 11) is 0. The molecule has 0 saturated heterocycles. The minimum Gasteiger partial charge on any atom is -0.384 e. The van der Waals surface area contributed by atoms with E-state index in [-0.39, 0.29) is 23.6 Å². The van der Waals surface area contributed by atoms with Crippen molar-refractivity contribution in [1.29, 1.82) is 0 Å². The van der Waals surface area contributed by atoms with Crippen molar-refractivity contribution in [3.05, 3.63) is 35.1 Å². The Balaban J connectivity index is 2.82. The first-order valence-corrected chi connectivity index (χ1v) is 5.44. The first kappa shape index (κ1) is 13.7. The van der Waals surface area contributed by atoms with Crippen molar-refractivity contribution in [3.63, 3.8) is 0 Å². The average Bonchev–Trinajstić information content (AvgIpc) is 2.25. The lowest BCUT2D eigenvalue weighted by molar-refractivity contribution is -0.0149. The zero-order valence-electron chi connectivity index (χ0n) is 10.4. The molecule has 1 aromatic carbocycles. The molecule has 1 N–H and O–H groups in total. The maximum atomic E-state index is 13.3. The van der Waals surface area contributed by atoms with Crippen molar-refractivity contribution in [3.8, 4) is 11.8 Å². The highest BCUT2D eigenvalue weighted by Crippen LogP contribution is 2.14. The van der Waals surface area contributed by atoms with Crippen molar-refractivity contribution in [2.45, 2.75) is 33.0 Å². The van der Waals surface area contributed by atoms with Gasteiger partial charge in [0.15, 0.2) is 0 Å². The van der Waals surface area contributed by atoms with Gasteiger partial charge in [-0.2, -0.15) is 0 Å². The third kappa shape index (κ3) is 4.99. The molecule has 0 radical (unpaired) electrons. The van der Waals surface area contributed by atoms with E-state index >= 15 is 0 Å². The number of ether oxygens (including phenoxy) is 1. The summed E-state index contributed by atoms with van der Waals surface area (Å²) >= 11 is 0. The number of halogens is 1. The number of benzene rings is 1. The highest BCUT2D eigenvalue weighted by molar-refractivity contribution is 5.38. The van der Waals surface area contributed by atoms with Crippen LogP contribution >= 0.6 is 0 Å². The first-order valence-electron chi connectivity index (χ1n) is 5.44. The smallest absolute Gasteiger partial charge is 0.138 e. The molecule has 0 heterocycles. The van der Waals surface area contributed by atoms with Gasteiger partial charge in [0.05, 0.1) is 17.8 Å². The van der Waals surface area contributed by atoms with Crippen LogP contribution in [0.25, 0.3) is 0 Å². The molecule has 0 aliphatic rings. The van der Waals surface area contributed by atoms with E-state index < -0.39 is 0 Å². The molecule has 0 atom stereocenters. The summed E-state index contributed by atoms with van der Waals surface area (Å²) in [5.74, 6) is 4.62. The third-order valence-corrected chi connectivity index (χ3v) is 2.00. The lowest BCUT2D eigenvalue weighted by atomic mass is 10.1. The highest BCUT2D eigenvalue weighted by atomic mass is 19.1. The molecular formula is C14H17FO2. The van der Waals surface area contributed by atoms with E-state index in [1.54, 1.807) is 12.1 Å². The van der Waals surface area contributed by atoms with E-state index in [2.05, 4.69) is 11.8 Å². The molecule has 0 unspecified atom stereocenters. The minimum atomic E-state index is -0.384. The summed E-state index contributed by atoms with van der Waals surface area (Å²) in [6, 6.07) is 4.68. The minimum absolute atomic E-state index is 0.231. The highest BCUT2D eigenvalue weighted by Gasteiger charge is 2.10. The Bertz CT molecular complexity index is 436. The monoisotopic (exact) mass is 236 g/mol. The third-order valence-electron chi connectivity index (χ3n) is 2.00. The molecule has 0 aliphatic heterocycles. The molecule has 3 heteroatoms. The molecule has 2 nitrogen and oxygen atoms in total. The molecule has 92 valence electrons. The number of aliphatic hydroxyl groups is 1. The van der Waals surface area contributed by atoms with Gasteiger partial charge in [-0.1, -0.05) is 17.9 Å². The Morgan fingerprint density at radius 3 is 2.65 bits per heavy atom. The topological polar surface area (TPSA) is 29.5 Å². The van der Waals surface area contributed by atoms with Crippen LogP contribution in [0.3, 0.4) is 0 Å². The Kier molecular flexibility index (Phi) is 4.68. The molecule has 1 rings (SSSR count). The van der Waals surface area contributed by atoms with E-state index in [1.165, 1.54) is 6.07 Å². The summed E-state index contributed by atoms with van der Waals surface area (Å²) in [6.07, 6.45) is 0. The van der Waals surface area contributed by atoms with Crippen LogP contribution in [0.5, 0.6) is 0 Å². The van der Waals surface area contributed by atoms with Crippen molar-refractivity contribution in [1.82, 2.24) is 0 Å². The number of aliphatic hydroxyl groups excluding tert-OH is 1. The van der Waals surface area contributed by atoms with E-state index in [9.17, 15) is 4.39 Å². The Labute approximate surface area is 101 Å². The Morgan fingerprint density at radius 2 is 2.06 bits per heavy atom. The quantitative estimate of drug-likeness (QED) is 0.799. The second-order valence-corrected chi connectivity index (χ2v) is 4.68. The van der Waals surface area contributed by atoms with Crippen molar-refractivity contribution >= 4 is 0 Å². The summed E-state index contributed by atoms with van der Waals surface area (Å²) in [4.78, 5) is 0. The van der Waals surface area contributed by atoms with Gasteiger partial charge in [0, 0.05) is 0 Å². The largest absolute Gasteiger partial charge is 0.384 e. The number of hydrogen-bond donors (Lipinski definition) is 1. The van der Waals surface area contributed by atoms with Crippen LogP contribution in [0.15, 0.2) is 18.2 Å². The summed E-state index contributed by atoms with van der Waals surface area (Å²) in [5, 5.41) is 8.58. The molecule has 0 fully saturated rings. The van der Waals surface area contributed by atoms with Crippen LogP contribution in [0.2, 0.25) is 0 Å². The first-order chi connectivity index (χ1) is 7.92. The fraction of sp³-hybridized carbons (Fsp3) is 0.429. The molecule has 0 saturated carbocycles. The van der Waals surface area contributed by atoms with Crippen LogP contribution in [0.4, 0.5) is 4.39 Å². The van der Waals surface area contributed by atoms with Gasteiger partial charge in [-0.15, -0.1) is 0 Å². The zero-order chi connectivity index (χ0) is 12.9. The molecule has 0 spiro atoms. The van der Waals surface area contributed by atoms with Crippen molar-refractivity contribution < 1.29 is 14.2 Å². The molecule has 0 aliphatic carbocycles. The summed E-state index contributed by atoms with van der Waals surface area (Å²) < 4.78 is 18.9. The molecular weight excluding hydrogens is 219 g/mol. The fourth-order valence-electron chi connectivity index (χ4n) is 1.19. The molecule has 17 heavy (non-hydrogen) atoms. The van der Waals surface area contributed by atoms with E-state index in [0.717, 1.165) is 5.56 Å². The van der Waals surface area contributed by atoms with Crippen LogP contribution in [-0.2, 0) is 11.3 Å².